The summed E-state index contributed by atoms with van der Waals surface area (Å²) in [5.74, 6) is 0.989. The Morgan fingerprint density at radius 2 is 2.00 bits per heavy atom. The number of hydrogen-bond donors (Lipinski definition) is 2. The van der Waals surface area contributed by atoms with E-state index in [9.17, 15) is 5.11 Å². The molecule has 2 rings (SSSR count). The lowest BCUT2D eigenvalue weighted by atomic mass is 10.00. The number of imidazole rings is 1. The molecular weight excluding hydrogens is 278 g/mol. The Balaban J connectivity index is 1.91. The summed E-state index contributed by atoms with van der Waals surface area (Å²) < 4.78 is 7.49. The zero-order chi connectivity index (χ0) is 15.9. The molecule has 3 N–H and O–H groups in total. The standard InChI is InChI=1S/C17H25N3O2/c1-13(2)10-15(18)16(21)17-19-8-9-20(17)12-22-11-14-6-4-3-5-7-14/h3-9,13,15-16,21H,10-12,18H2,1-2H3/t15?,16-/m0/s1. The lowest BCUT2D eigenvalue weighted by Gasteiger charge is -2.21. The lowest BCUT2D eigenvalue weighted by Crippen LogP contribution is -2.31. The SMILES string of the molecule is CC(C)CC(N)[C@H](O)c1nccn1COCc1ccccc1. The van der Waals surface area contributed by atoms with Gasteiger partial charge in [-0.05, 0) is 17.9 Å². The van der Waals surface area contributed by atoms with E-state index in [-0.39, 0.29) is 6.04 Å². The van der Waals surface area contributed by atoms with Gasteiger partial charge in [-0.25, -0.2) is 4.98 Å². The smallest absolute Gasteiger partial charge is 0.141 e. The molecule has 0 spiro atoms. The molecule has 120 valence electrons. The molecule has 22 heavy (non-hydrogen) atoms. The lowest BCUT2D eigenvalue weighted by molar-refractivity contribution is 0.0508. The highest BCUT2D eigenvalue weighted by Crippen LogP contribution is 2.19. The number of hydrogen-bond acceptors (Lipinski definition) is 4. The molecule has 0 amide bonds. The number of benzene rings is 1. The number of aromatic nitrogens is 2. The molecule has 5 heteroatoms. The third kappa shape index (κ3) is 4.66. The Labute approximate surface area is 131 Å². The molecule has 2 aromatic rings. The van der Waals surface area contributed by atoms with Crippen molar-refractivity contribution >= 4 is 0 Å². The van der Waals surface area contributed by atoms with Crippen molar-refractivity contribution in [1.82, 2.24) is 9.55 Å². The summed E-state index contributed by atoms with van der Waals surface area (Å²) in [6, 6.07) is 9.65. The molecule has 0 aliphatic carbocycles. The first-order valence-corrected chi connectivity index (χ1v) is 7.64. The monoisotopic (exact) mass is 303 g/mol. The fraction of sp³-hybridized carbons (Fsp3) is 0.471. The van der Waals surface area contributed by atoms with Crippen molar-refractivity contribution in [3.05, 3.63) is 54.1 Å². The number of nitrogens with two attached hydrogens (primary N) is 1. The highest BCUT2D eigenvalue weighted by atomic mass is 16.5. The van der Waals surface area contributed by atoms with Crippen LogP contribution in [-0.2, 0) is 18.1 Å². The first kappa shape index (κ1) is 16.7. The number of aliphatic hydroxyl groups is 1. The van der Waals surface area contributed by atoms with E-state index < -0.39 is 6.10 Å². The highest BCUT2D eigenvalue weighted by Gasteiger charge is 2.22. The summed E-state index contributed by atoms with van der Waals surface area (Å²) in [5, 5.41) is 10.4. The van der Waals surface area contributed by atoms with E-state index >= 15 is 0 Å². The van der Waals surface area contributed by atoms with Crippen molar-refractivity contribution in [3.8, 4) is 0 Å². The third-order valence-electron chi connectivity index (χ3n) is 3.50. The summed E-state index contributed by atoms with van der Waals surface area (Å²) in [7, 11) is 0. The Kier molecular flexibility index (Phi) is 6.12. The van der Waals surface area contributed by atoms with Gasteiger partial charge in [0.05, 0.1) is 6.61 Å². The molecule has 1 aromatic carbocycles. The molecule has 0 saturated carbocycles. The summed E-state index contributed by atoms with van der Waals surface area (Å²) in [4.78, 5) is 4.22. The Morgan fingerprint density at radius 3 is 2.68 bits per heavy atom. The minimum absolute atomic E-state index is 0.324. The molecule has 0 aliphatic rings. The van der Waals surface area contributed by atoms with Crippen LogP contribution in [0.2, 0.25) is 0 Å². The second kappa shape index (κ2) is 8.08. The summed E-state index contributed by atoms with van der Waals surface area (Å²) >= 11 is 0. The van der Waals surface area contributed by atoms with E-state index in [1.54, 1.807) is 17.0 Å². The number of aliphatic hydroxyl groups excluding tert-OH is 1. The van der Waals surface area contributed by atoms with Crippen LogP contribution in [0.25, 0.3) is 0 Å². The molecule has 0 bridgehead atoms. The van der Waals surface area contributed by atoms with E-state index in [0.717, 1.165) is 12.0 Å². The minimum Gasteiger partial charge on any atom is -0.384 e. The van der Waals surface area contributed by atoms with Gasteiger partial charge in [-0.1, -0.05) is 44.2 Å². The Morgan fingerprint density at radius 1 is 1.27 bits per heavy atom. The van der Waals surface area contributed by atoms with Crippen molar-refractivity contribution < 1.29 is 9.84 Å². The van der Waals surface area contributed by atoms with Crippen LogP contribution in [0.5, 0.6) is 0 Å². The van der Waals surface area contributed by atoms with Crippen LogP contribution in [0.3, 0.4) is 0 Å². The van der Waals surface area contributed by atoms with Crippen LogP contribution in [0, 0.1) is 5.92 Å². The van der Waals surface area contributed by atoms with Gasteiger partial charge in [0.25, 0.3) is 0 Å². The van der Waals surface area contributed by atoms with E-state index in [2.05, 4.69) is 18.8 Å². The second-order valence-electron chi connectivity index (χ2n) is 5.96. The maximum Gasteiger partial charge on any atom is 0.141 e. The van der Waals surface area contributed by atoms with Crippen LogP contribution in [0.4, 0.5) is 0 Å². The number of ether oxygens (including phenoxy) is 1. The van der Waals surface area contributed by atoms with Gasteiger partial charge in [-0.3, -0.25) is 0 Å². The van der Waals surface area contributed by atoms with Crippen LogP contribution in [0.15, 0.2) is 42.7 Å². The number of nitrogens with zero attached hydrogens (tertiary/aromatic N) is 2. The largest absolute Gasteiger partial charge is 0.384 e. The average Bonchev–Trinajstić information content (AvgIpc) is 2.95. The molecule has 1 aromatic heterocycles. The highest BCUT2D eigenvalue weighted by molar-refractivity contribution is 5.13. The van der Waals surface area contributed by atoms with Gasteiger partial charge >= 0.3 is 0 Å². The minimum atomic E-state index is -0.780. The second-order valence-corrected chi connectivity index (χ2v) is 5.96. The molecule has 1 unspecified atom stereocenters. The van der Waals surface area contributed by atoms with Gasteiger partial charge in [-0.2, -0.15) is 0 Å². The van der Waals surface area contributed by atoms with E-state index in [1.165, 1.54) is 0 Å². The predicted molar refractivity (Wildman–Crippen MR) is 85.8 cm³/mol. The van der Waals surface area contributed by atoms with Crippen molar-refractivity contribution in [2.24, 2.45) is 11.7 Å². The van der Waals surface area contributed by atoms with Crippen LogP contribution < -0.4 is 5.73 Å². The maximum atomic E-state index is 10.4. The van der Waals surface area contributed by atoms with Gasteiger partial charge < -0.3 is 20.1 Å². The fourth-order valence-corrected chi connectivity index (χ4v) is 2.40. The Hall–Kier alpha value is -1.69. The molecular formula is C17H25N3O2. The average molecular weight is 303 g/mol. The zero-order valence-corrected chi connectivity index (χ0v) is 13.2. The van der Waals surface area contributed by atoms with Gasteiger partial charge in [0, 0.05) is 18.4 Å². The van der Waals surface area contributed by atoms with E-state index in [4.69, 9.17) is 10.5 Å². The normalized spacial score (nSPS) is 14.2. The molecule has 1 heterocycles. The molecule has 0 fully saturated rings. The first-order valence-electron chi connectivity index (χ1n) is 7.64. The van der Waals surface area contributed by atoms with Crippen molar-refractivity contribution in [3.63, 3.8) is 0 Å². The van der Waals surface area contributed by atoms with Gasteiger partial charge in [0.15, 0.2) is 0 Å². The maximum absolute atomic E-state index is 10.4. The molecule has 2 atom stereocenters. The summed E-state index contributed by atoms with van der Waals surface area (Å²) in [6.07, 6.45) is 3.43. The predicted octanol–water partition coefficient (Wildman–Crippen LogP) is 2.46. The van der Waals surface area contributed by atoms with E-state index in [0.29, 0.717) is 25.1 Å². The van der Waals surface area contributed by atoms with Crippen molar-refractivity contribution in [2.75, 3.05) is 0 Å². The first-order chi connectivity index (χ1) is 10.6. The zero-order valence-electron chi connectivity index (χ0n) is 13.2. The molecule has 0 aliphatic heterocycles. The van der Waals surface area contributed by atoms with Crippen LogP contribution in [0.1, 0.15) is 37.8 Å². The van der Waals surface area contributed by atoms with E-state index in [1.807, 2.05) is 30.3 Å². The van der Waals surface area contributed by atoms with Crippen LogP contribution in [-0.4, -0.2) is 20.7 Å². The van der Waals surface area contributed by atoms with Gasteiger partial charge in [0.2, 0.25) is 0 Å². The molecule has 0 radical (unpaired) electrons. The summed E-state index contributed by atoms with van der Waals surface area (Å²) in [6.45, 7) is 5.03. The Bertz CT molecular complexity index is 554. The van der Waals surface area contributed by atoms with Crippen LogP contribution >= 0.6 is 0 Å². The fourth-order valence-electron chi connectivity index (χ4n) is 2.40. The van der Waals surface area contributed by atoms with Gasteiger partial charge in [0.1, 0.15) is 18.7 Å². The molecule has 5 nitrogen and oxygen atoms in total. The molecule has 0 saturated heterocycles. The topological polar surface area (TPSA) is 73.3 Å². The van der Waals surface area contributed by atoms with Crippen molar-refractivity contribution in [2.45, 2.75) is 45.8 Å². The van der Waals surface area contributed by atoms with Gasteiger partial charge in [-0.15, -0.1) is 0 Å². The summed E-state index contributed by atoms with van der Waals surface area (Å²) in [5.41, 5.74) is 7.17. The number of rotatable bonds is 8. The van der Waals surface area contributed by atoms with Crippen molar-refractivity contribution in [1.29, 1.82) is 0 Å². The quantitative estimate of drug-likeness (QED) is 0.785. The third-order valence-corrected chi connectivity index (χ3v) is 3.50.